The SMILES string of the molecule is COc1ccc(S(=O)(=O)/N=C2\C=CC(=O)C(C)=C2)cc1. The van der Waals surface area contributed by atoms with Crippen LogP contribution in [0.5, 0.6) is 5.75 Å². The summed E-state index contributed by atoms with van der Waals surface area (Å²) >= 11 is 0. The van der Waals surface area contributed by atoms with Gasteiger partial charge in [-0.3, -0.25) is 4.79 Å². The summed E-state index contributed by atoms with van der Waals surface area (Å²) in [6.07, 6.45) is 4.14. The lowest BCUT2D eigenvalue weighted by molar-refractivity contribution is -0.111. The molecule has 0 unspecified atom stereocenters. The number of ether oxygens (including phenoxy) is 1. The Morgan fingerprint density at radius 2 is 1.75 bits per heavy atom. The van der Waals surface area contributed by atoms with Crippen molar-refractivity contribution in [2.75, 3.05) is 7.11 Å². The number of carbonyl (C=O) groups is 1. The summed E-state index contributed by atoms with van der Waals surface area (Å²) in [5, 5.41) is 0. The van der Waals surface area contributed by atoms with Crippen LogP contribution >= 0.6 is 0 Å². The van der Waals surface area contributed by atoms with Gasteiger partial charge in [-0.15, -0.1) is 0 Å². The third kappa shape index (κ3) is 3.03. The highest BCUT2D eigenvalue weighted by Gasteiger charge is 2.15. The Balaban J connectivity index is 2.36. The summed E-state index contributed by atoms with van der Waals surface area (Å²) in [4.78, 5) is 11.3. The molecule has 20 heavy (non-hydrogen) atoms. The van der Waals surface area contributed by atoms with Crippen molar-refractivity contribution in [1.82, 2.24) is 0 Å². The van der Waals surface area contributed by atoms with E-state index < -0.39 is 10.0 Å². The van der Waals surface area contributed by atoms with Crippen LogP contribution in [0.15, 0.2) is 57.4 Å². The van der Waals surface area contributed by atoms with E-state index in [0.717, 1.165) is 0 Å². The summed E-state index contributed by atoms with van der Waals surface area (Å²) in [5.41, 5.74) is 0.689. The fourth-order valence-corrected chi connectivity index (χ4v) is 2.61. The van der Waals surface area contributed by atoms with Crippen molar-refractivity contribution < 1.29 is 17.9 Å². The molecule has 0 heterocycles. The number of rotatable bonds is 3. The number of hydrogen-bond acceptors (Lipinski definition) is 4. The smallest absolute Gasteiger partial charge is 0.282 e. The van der Waals surface area contributed by atoms with Gasteiger partial charge in [0, 0.05) is 0 Å². The first-order valence-corrected chi connectivity index (χ1v) is 7.26. The maximum atomic E-state index is 12.1. The van der Waals surface area contributed by atoms with Gasteiger partial charge in [0.05, 0.1) is 17.7 Å². The van der Waals surface area contributed by atoms with Crippen LogP contribution in [0.1, 0.15) is 6.92 Å². The number of nitrogens with zero attached hydrogens (tertiary/aromatic N) is 1. The number of methoxy groups -OCH3 is 1. The van der Waals surface area contributed by atoms with Crippen LogP contribution in [0.2, 0.25) is 0 Å². The van der Waals surface area contributed by atoms with Crippen molar-refractivity contribution in [3.8, 4) is 5.75 Å². The van der Waals surface area contributed by atoms with Crippen LogP contribution in [0.25, 0.3) is 0 Å². The van der Waals surface area contributed by atoms with Crippen molar-refractivity contribution in [3.05, 3.63) is 48.1 Å². The normalized spacial score (nSPS) is 17.2. The molecular formula is C14H13NO4S. The molecule has 0 atom stereocenters. The Morgan fingerprint density at radius 1 is 1.10 bits per heavy atom. The first-order valence-electron chi connectivity index (χ1n) is 5.82. The molecule has 2 rings (SSSR count). The van der Waals surface area contributed by atoms with E-state index in [1.54, 1.807) is 19.1 Å². The predicted octanol–water partition coefficient (Wildman–Crippen LogP) is 1.91. The highest BCUT2D eigenvalue weighted by Crippen LogP contribution is 2.18. The van der Waals surface area contributed by atoms with Gasteiger partial charge in [-0.25, -0.2) is 0 Å². The maximum absolute atomic E-state index is 12.1. The third-order valence-corrected chi connectivity index (χ3v) is 4.06. The van der Waals surface area contributed by atoms with Gasteiger partial charge in [0.15, 0.2) is 5.78 Å². The molecule has 104 valence electrons. The quantitative estimate of drug-likeness (QED) is 0.797. The predicted molar refractivity (Wildman–Crippen MR) is 75.5 cm³/mol. The summed E-state index contributed by atoms with van der Waals surface area (Å²) in [6, 6.07) is 5.95. The van der Waals surface area contributed by atoms with Gasteiger partial charge in [-0.2, -0.15) is 12.8 Å². The average molecular weight is 291 g/mol. The molecular weight excluding hydrogens is 278 g/mol. The van der Waals surface area contributed by atoms with E-state index in [2.05, 4.69) is 4.40 Å². The Morgan fingerprint density at radius 3 is 2.30 bits per heavy atom. The third-order valence-electron chi connectivity index (χ3n) is 2.74. The lowest BCUT2D eigenvalue weighted by atomic mass is 10.1. The minimum absolute atomic E-state index is 0.0714. The molecule has 0 spiro atoms. The zero-order chi connectivity index (χ0) is 14.8. The fourth-order valence-electron chi connectivity index (χ4n) is 1.63. The molecule has 0 radical (unpaired) electrons. The molecule has 1 aromatic carbocycles. The zero-order valence-corrected chi connectivity index (χ0v) is 11.8. The van der Waals surface area contributed by atoms with Crippen molar-refractivity contribution in [2.45, 2.75) is 11.8 Å². The van der Waals surface area contributed by atoms with Gasteiger partial charge < -0.3 is 4.74 Å². The molecule has 1 aliphatic carbocycles. The van der Waals surface area contributed by atoms with E-state index in [-0.39, 0.29) is 16.4 Å². The van der Waals surface area contributed by atoms with Gasteiger partial charge >= 0.3 is 0 Å². The molecule has 6 heteroatoms. The number of benzene rings is 1. The number of hydrogen-bond donors (Lipinski definition) is 0. The Bertz CT molecular complexity index is 725. The first-order chi connectivity index (χ1) is 9.42. The van der Waals surface area contributed by atoms with E-state index in [0.29, 0.717) is 11.3 Å². The van der Waals surface area contributed by atoms with Gasteiger partial charge in [0.2, 0.25) is 0 Å². The highest BCUT2D eigenvalue weighted by molar-refractivity contribution is 7.90. The largest absolute Gasteiger partial charge is 0.497 e. The zero-order valence-electron chi connectivity index (χ0n) is 11.0. The van der Waals surface area contributed by atoms with Gasteiger partial charge in [0.25, 0.3) is 10.0 Å². The van der Waals surface area contributed by atoms with Gasteiger partial charge in [-0.1, -0.05) is 0 Å². The molecule has 0 amide bonds. The Hall–Kier alpha value is -2.21. The maximum Gasteiger partial charge on any atom is 0.282 e. The second-order valence-corrected chi connectivity index (χ2v) is 5.80. The average Bonchev–Trinajstić information content (AvgIpc) is 2.43. The Kier molecular flexibility index (Phi) is 3.85. The summed E-state index contributed by atoms with van der Waals surface area (Å²) in [5.74, 6) is 0.418. The highest BCUT2D eigenvalue weighted by atomic mass is 32.2. The van der Waals surface area contributed by atoms with Crippen LogP contribution < -0.4 is 4.74 Å². The first kappa shape index (κ1) is 14.2. The number of allylic oxidation sites excluding steroid dienone is 4. The molecule has 0 bridgehead atoms. The van der Waals surface area contributed by atoms with Crippen molar-refractivity contribution in [3.63, 3.8) is 0 Å². The van der Waals surface area contributed by atoms with Gasteiger partial charge in [-0.05, 0) is 55.0 Å². The second-order valence-electron chi connectivity index (χ2n) is 4.19. The second kappa shape index (κ2) is 5.42. The molecule has 0 saturated heterocycles. The monoisotopic (exact) mass is 291 g/mol. The van der Waals surface area contributed by atoms with E-state index in [9.17, 15) is 13.2 Å². The van der Waals surface area contributed by atoms with Crippen LogP contribution in [-0.4, -0.2) is 27.0 Å². The lowest BCUT2D eigenvalue weighted by Gasteiger charge is -2.05. The number of carbonyl (C=O) groups excluding carboxylic acids is 1. The summed E-state index contributed by atoms with van der Waals surface area (Å²) in [7, 11) is -2.30. The van der Waals surface area contributed by atoms with Crippen LogP contribution in [0.4, 0.5) is 0 Å². The minimum Gasteiger partial charge on any atom is -0.497 e. The van der Waals surface area contributed by atoms with Crippen molar-refractivity contribution >= 4 is 21.5 Å². The van der Waals surface area contributed by atoms with Crippen LogP contribution in [-0.2, 0) is 14.8 Å². The summed E-state index contributed by atoms with van der Waals surface area (Å²) in [6.45, 7) is 1.61. The summed E-state index contributed by atoms with van der Waals surface area (Å²) < 4.78 is 32.9. The topological polar surface area (TPSA) is 72.8 Å². The van der Waals surface area contributed by atoms with Crippen molar-refractivity contribution in [2.24, 2.45) is 4.40 Å². The van der Waals surface area contributed by atoms with E-state index >= 15 is 0 Å². The molecule has 5 nitrogen and oxygen atoms in total. The minimum atomic E-state index is -3.80. The standard InChI is InChI=1S/C14H13NO4S/c1-10-9-11(3-8-14(10)16)15-20(17,18)13-6-4-12(19-2)5-7-13/h3-9H,1-2H3/b15-11+. The van der Waals surface area contributed by atoms with Gasteiger partial charge in [0.1, 0.15) is 5.75 Å². The van der Waals surface area contributed by atoms with Crippen LogP contribution in [0, 0.1) is 0 Å². The lowest BCUT2D eigenvalue weighted by Crippen LogP contribution is -2.08. The number of ketones is 1. The van der Waals surface area contributed by atoms with Crippen molar-refractivity contribution in [1.29, 1.82) is 0 Å². The van der Waals surface area contributed by atoms with Crippen LogP contribution in [0.3, 0.4) is 0 Å². The molecule has 0 aliphatic heterocycles. The fraction of sp³-hybridized carbons (Fsp3) is 0.143. The molecule has 0 aromatic heterocycles. The molecule has 1 aromatic rings. The molecule has 1 aliphatic rings. The Labute approximate surface area is 117 Å². The van der Waals surface area contributed by atoms with E-state index in [1.807, 2.05) is 0 Å². The number of sulfonamides is 1. The molecule has 0 fully saturated rings. The molecule has 0 saturated carbocycles. The van der Waals surface area contributed by atoms with E-state index in [4.69, 9.17) is 4.74 Å². The molecule has 0 N–H and O–H groups in total. The van der Waals surface area contributed by atoms with E-state index in [1.165, 1.54) is 37.5 Å².